The number of rotatable bonds is 1. The summed E-state index contributed by atoms with van der Waals surface area (Å²) >= 11 is 0. The van der Waals surface area contributed by atoms with Gasteiger partial charge in [-0.05, 0) is 12.8 Å². The van der Waals surface area contributed by atoms with Gasteiger partial charge in [0, 0.05) is 19.2 Å². The minimum atomic E-state index is -0.617. The lowest BCUT2D eigenvalue weighted by atomic mass is 10.1. The second-order valence-corrected chi connectivity index (χ2v) is 3.49. The first-order chi connectivity index (χ1) is 7.24. The summed E-state index contributed by atoms with van der Waals surface area (Å²) in [5, 5.41) is 0. The van der Waals surface area contributed by atoms with Gasteiger partial charge in [0.2, 0.25) is 0 Å². The molecule has 0 amide bonds. The number of fused-ring (bicyclic) bond motifs is 1. The Balaban J connectivity index is 2.53. The number of hydrogen-bond donors (Lipinski definition) is 0. The van der Waals surface area contributed by atoms with E-state index in [0.717, 1.165) is 25.1 Å². The van der Waals surface area contributed by atoms with Crippen molar-refractivity contribution in [1.29, 1.82) is 0 Å². The third kappa shape index (κ3) is 1.65. The Bertz CT molecular complexity index is 450. The number of aryl methyl sites for hydroxylation is 1. The zero-order valence-electron chi connectivity index (χ0n) is 8.52. The minimum Gasteiger partial charge on any atom is -0.465 e. The maximum absolute atomic E-state index is 11.8. The molecule has 0 saturated carbocycles. The van der Waals surface area contributed by atoms with Gasteiger partial charge in [-0.25, -0.2) is 9.78 Å². The zero-order chi connectivity index (χ0) is 10.8. The SMILES string of the molecule is COC(=O)c1cnc2n(c1=O)CCCC2. The summed E-state index contributed by atoms with van der Waals surface area (Å²) in [5.74, 6) is 0.146. The summed E-state index contributed by atoms with van der Waals surface area (Å²) in [6, 6.07) is 0. The van der Waals surface area contributed by atoms with E-state index in [0.29, 0.717) is 6.54 Å². The van der Waals surface area contributed by atoms with Crippen molar-refractivity contribution in [3.05, 3.63) is 27.9 Å². The summed E-state index contributed by atoms with van der Waals surface area (Å²) in [6.07, 6.45) is 4.12. The molecule has 1 aliphatic rings. The molecule has 0 bridgehead atoms. The van der Waals surface area contributed by atoms with Gasteiger partial charge >= 0.3 is 5.97 Å². The van der Waals surface area contributed by atoms with Crippen LogP contribution in [0.1, 0.15) is 29.0 Å². The van der Waals surface area contributed by atoms with E-state index in [1.807, 2.05) is 0 Å². The molecule has 0 aliphatic carbocycles. The van der Waals surface area contributed by atoms with E-state index in [9.17, 15) is 9.59 Å². The average molecular weight is 208 g/mol. The molecule has 0 aromatic carbocycles. The molecule has 0 saturated heterocycles. The second-order valence-electron chi connectivity index (χ2n) is 3.49. The molecular weight excluding hydrogens is 196 g/mol. The number of carbonyl (C=O) groups excluding carboxylic acids is 1. The van der Waals surface area contributed by atoms with Crippen LogP contribution >= 0.6 is 0 Å². The molecule has 1 aromatic rings. The fourth-order valence-corrected chi connectivity index (χ4v) is 1.76. The molecule has 0 N–H and O–H groups in total. The van der Waals surface area contributed by atoms with Crippen molar-refractivity contribution < 1.29 is 9.53 Å². The Labute approximate surface area is 86.7 Å². The largest absolute Gasteiger partial charge is 0.465 e. The normalized spacial score (nSPS) is 14.5. The van der Waals surface area contributed by atoms with Crippen LogP contribution in [0.15, 0.2) is 11.0 Å². The van der Waals surface area contributed by atoms with Gasteiger partial charge in [0.15, 0.2) is 0 Å². The highest BCUT2D eigenvalue weighted by molar-refractivity contribution is 5.88. The minimum absolute atomic E-state index is 0.0168. The first-order valence-corrected chi connectivity index (χ1v) is 4.91. The Morgan fingerprint density at radius 2 is 2.33 bits per heavy atom. The topological polar surface area (TPSA) is 61.2 Å². The van der Waals surface area contributed by atoms with Crippen molar-refractivity contribution in [2.75, 3.05) is 7.11 Å². The standard InChI is InChI=1S/C10H12N2O3/c1-15-10(14)7-6-11-8-4-2-3-5-12(8)9(7)13/h6H,2-5H2,1H3. The van der Waals surface area contributed by atoms with Gasteiger partial charge in [0.05, 0.1) is 7.11 Å². The van der Waals surface area contributed by atoms with Gasteiger partial charge in [-0.1, -0.05) is 0 Å². The van der Waals surface area contributed by atoms with Crippen molar-refractivity contribution in [2.24, 2.45) is 0 Å². The van der Waals surface area contributed by atoms with E-state index in [-0.39, 0.29) is 11.1 Å². The van der Waals surface area contributed by atoms with Crippen LogP contribution < -0.4 is 5.56 Å². The highest BCUT2D eigenvalue weighted by Crippen LogP contribution is 2.09. The van der Waals surface area contributed by atoms with E-state index in [4.69, 9.17) is 0 Å². The molecule has 5 nitrogen and oxygen atoms in total. The fourth-order valence-electron chi connectivity index (χ4n) is 1.76. The van der Waals surface area contributed by atoms with E-state index >= 15 is 0 Å². The van der Waals surface area contributed by atoms with Crippen LogP contribution in [0.4, 0.5) is 0 Å². The van der Waals surface area contributed by atoms with Gasteiger partial charge in [-0.15, -0.1) is 0 Å². The molecule has 80 valence electrons. The van der Waals surface area contributed by atoms with Crippen LogP contribution in [0.5, 0.6) is 0 Å². The summed E-state index contributed by atoms with van der Waals surface area (Å²) in [7, 11) is 1.26. The molecule has 0 unspecified atom stereocenters. The van der Waals surface area contributed by atoms with Gasteiger partial charge in [-0.3, -0.25) is 9.36 Å². The van der Waals surface area contributed by atoms with Crippen molar-refractivity contribution in [2.45, 2.75) is 25.8 Å². The van der Waals surface area contributed by atoms with Gasteiger partial charge in [0.1, 0.15) is 11.4 Å². The first kappa shape index (κ1) is 9.89. The molecule has 0 atom stereocenters. The number of ether oxygens (including phenoxy) is 1. The number of nitrogens with zero attached hydrogens (tertiary/aromatic N) is 2. The van der Waals surface area contributed by atoms with Crippen LogP contribution in [-0.4, -0.2) is 22.6 Å². The molecule has 1 aliphatic heterocycles. The van der Waals surface area contributed by atoms with Crippen molar-refractivity contribution >= 4 is 5.97 Å². The maximum Gasteiger partial charge on any atom is 0.345 e. The predicted molar refractivity (Wildman–Crippen MR) is 52.8 cm³/mol. The molecule has 5 heteroatoms. The van der Waals surface area contributed by atoms with Crippen LogP contribution in [-0.2, 0) is 17.7 Å². The Kier molecular flexibility index (Phi) is 2.53. The third-order valence-electron chi connectivity index (χ3n) is 2.57. The lowest BCUT2D eigenvalue weighted by Crippen LogP contribution is -2.32. The number of methoxy groups -OCH3 is 1. The molecule has 0 spiro atoms. The number of aromatic nitrogens is 2. The first-order valence-electron chi connectivity index (χ1n) is 4.91. The van der Waals surface area contributed by atoms with E-state index in [1.165, 1.54) is 13.3 Å². The Morgan fingerprint density at radius 1 is 1.53 bits per heavy atom. The van der Waals surface area contributed by atoms with Crippen molar-refractivity contribution in [1.82, 2.24) is 9.55 Å². The van der Waals surface area contributed by atoms with Crippen LogP contribution in [0.3, 0.4) is 0 Å². The second kappa shape index (κ2) is 3.84. The Hall–Kier alpha value is -1.65. The molecule has 0 radical (unpaired) electrons. The maximum atomic E-state index is 11.8. The fraction of sp³-hybridized carbons (Fsp3) is 0.500. The van der Waals surface area contributed by atoms with Crippen molar-refractivity contribution in [3.8, 4) is 0 Å². The molecule has 1 aromatic heterocycles. The van der Waals surface area contributed by atoms with Gasteiger partial charge in [0.25, 0.3) is 5.56 Å². The summed E-state index contributed by atoms with van der Waals surface area (Å²) in [4.78, 5) is 27.2. The van der Waals surface area contributed by atoms with Gasteiger partial charge in [-0.2, -0.15) is 0 Å². The summed E-state index contributed by atoms with van der Waals surface area (Å²) in [5.41, 5.74) is -0.269. The highest BCUT2D eigenvalue weighted by atomic mass is 16.5. The molecule has 15 heavy (non-hydrogen) atoms. The zero-order valence-corrected chi connectivity index (χ0v) is 8.52. The lowest BCUT2D eigenvalue weighted by molar-refractivity contribution is 0.0597. The molecular formula is C10H12N2O3. The smallest absolute Gasteiger partial charge is 0.345 e. The van der Waals surface area contributed by atoms with Crippen LogP contribution in [0, 0.1) is 0 Å². The number of carbonyl (C=O) groups is 1. The lowest BCUT2D eigenvalue weighted by Gasteiger charge is -2.17. The quantitative estimate of drug-likeness (QED) is 0.625. The molecule has 2 rings (SSSR count). The number of esters is 1. The van der Waals surface area contributed by atoms with E-state index in [1.54, 1.807) is 4.57 Å². The van der Waals surface area contributed by atoms with E-state index < -0.39 is 5.97 Å². The third-order valence-corrected chi connectivity index (χ3v) is 2.57. The summed E-state index contributed by atoms with van der Waals surface area (Å²) in [6.45, 7) is 0.645. The number of hydrogen-bond acceptors (Lipinski definition) is 4. The van der Waals surface area contributed by atoms with Crippen LogP contribution in [0.2, 0.25) is 0 Å². The summed E-state index contributed by atoms with van der Waals surface area (Å²) < 4.78 is 6.08. The monoisotopic (exact) mass is 208 g/mol. The Morgan fingerprint density at radius 3 is 3.07 bits per heavy atom. The highest BCUT2D eigenvalue weighted by Gasteiger charge is 2.18. The average Bonchev–Trinajstić information content (AvgIpc) is 2.29. The van der Waals surface area contributed by atoms with Gasteiger partial charge < -0.3 is 4.74 Å². The molecule has 0 fully saturated rings. The molecule has 2 heterocycles. The van der Waals surface area contributed by atoms with Crippen molar-refractivity contribution in [3.63, 3.8) is 0 Å². The predicted octanol–water partition coefficient (Wildman–Crippen LogP) is 0.366. The van der Waals surface area contributed by atoms with E-state index in [2.05, 4.69) is 9.72 Å². The van der Waals surface area contributed by atoms with Crippen LogP contribution in [0.25, 0.3) is 0 Å².